The molecule has 0 radical (unpaired) electrons. The number of pyridine rings is 2. The average Bonchev–Trinajstić information content (AvgIpc) is 3.02. The second-order valence-electron chi connectivity index (χ2n) is 6.52. The van der Waals surface area contributed by atoms with Crippen LogP contribution in [0, 0.1) is 12.7 Å². The number of nitrogens with zero attached hydrogens (tertiary/aromatic N) is 3. The van der Waals surface area contributed by atoms with Crippen LogP contribution in [0.4, 0.5) is 4.39 Å². The number of unbranched alkanes of at least 4 members (excludes halogenated alkanes) is 1. The molecule has 1 aromatic carbocycles. The SMILES string of the molecule is CCCCOc1ccc(F)c(-n2nc(C)c3c(=O)[nH]c4ccc(Br)nc4c32)c1. The van der Waals surface area contributed by atoms with Crippen molar-refractivity contribution in [2.75, 3.05) is 6.61 Å². The molecule has 6 nitrogen and oxygen atoms in total. The van der Waals surface area contributed by atoms with Crippen LogP contribution in [0.1, 0.15) is 25.5 Å². The Morgan fingerprint density at radius 2 is 2.11 bits per heavy atom. The van der Waals surface area contributed by atoms with Gasteiger partial charge in [-0.25, -0.2) is 14.1 Å². The molecule has 8 heteroatoms. The molecule has 0 amide bonds. The predicted molar refractivity (Wildman–Crippen MR) is 110 cm³/mol. The third-order valence-electron chi connectivity index (χ3n) is 4.53. The molecule has 0 saturated heterocycles. The van der Waals surface area contributed by atoms with Crippen LogP contribution in [0.15, 0.2) is 39.7 Å². The second-order valence-corrected chi connectivity index (χ2v) is 7.33. The molecule has 0 unspecified atom stereocenters. The summed E-state index contributed by atoms with van der Waals surface area (Å²) in [5.41, 5.74) is 1.96. The number of fused-ring (bicyclic) bond motifs is 3. The smallest absolute Gasteiger partial charge is 0.259 e. The summed E-state index contributed by atoms with van der Waals surface area (Å²) in [5, 5.41) is 4.83. The van der Waals surface area contributed by atoms with E-state index in [1.165, 1.54) is 10.7 Å². The Kier molecular flexibility index (Phi) is 4.89. The van der Waals surface area contributed by atoms with E-state index in [1.54, 1.807) is 31.2 Å². The van der Waals surface area contributed by atoms with Crippen molar-refractivity contribution in [1.29, 1.82) is 0 Å². The molecule has 4 aromatic rings. The van der Waals surface area contributed by atoms with Gasteiger partial charge in [-0.3, -0.25) is 4.79 Å². The molecule has 4 rings (SSSR count). The van der Waals surface area contributed by atoms with Crippen molar-refractivity contribution in [2.24, 2.45) is 0 Å². The highest BCUT2D eigenvalue weighted by molar-refractivity contribution is 9.10. The van der Waals surface area contributed by atoms with Gasteiger partial charge in [0.05, 0.1) is 23.2 Å². The Bertz CT molecular complexity index is 1250. The highest BCUT2D eigenvalue weighted by Crippen LogP contribution is 2.29. The Morgan fingerprint density at radius 3 is 2.89 bits per heavy atom. The van der Waals surface area contributed by atoms with Gasteiger partial charge in [-0.15, -0.1) is 0 Å². The summed E-state index contributed by atoms with van der Waals surface area (Å²) in [4.78, 5) is 19.9. The number of H-pyrrole nitrogens is 1. The van der Waals surface area contributed by atoms with E-state index in [-0.39, 0.29) is 11.2 Å². The number of ether oxygens (including phenoxy) is 1. The van der Waals surface area contributed by atoms with E-state index < -0.39 is 5.82 Å². The van der Waals surface area contributed by atoms with E-state index in [0.29, 0.717) is 44.6 Å². The van der Waals surface area contributed by atoms with Crippen molar-refractivity contribution in [1.82, 2.24) is 19.7 Å². The van der Waals surface area contributed by atoms with Gasteiger partial charge in [0.15, 0.2) is 0 Å². The summed E-state index contributed by atoms with van der Waals surface area (Å²) < 4.78 is 22.5. The van der Waals surface area contributed by atoms with Crippen LogP contribution in [0.2, 0.25) is 0 Å². The maximum Gasteiger partial charge on any atom is 0.259 e. The van der Waals surface area contributed by atoms with Gasteiger partial charge in [-0.1, -0.05) is 13.3 Å². The third kappa shape index (κ3) is 3.17. The normalized spacial score (nSPS) is 11.4. The molecule has 0 fully saturated rings. The summed E-state index contributed by atoms with van der Waals surface area (Å²) in [5.74, 6) is 0.0881. The standard InChI is InChI=1S/C20H18BrFN4O2/c1-3-4-9-28-12-5-6-13(22)15(10-12)26-19-17(11(2)25-26)20(27)23-14-7-8-16(21)24-18(14)19/h5-8,10H,3-4,9H2,1-2H3,(H,23,27). The van der Waals surface area contributed by atoms with Crippen LogP contribution >= 0.6 is 15.9 Å². The fraction of sp³-hybridized carbons (Fsp3) is 0.250. The van der Waals surface area contributed by atoms with Crippen LogP contribution in [-0.2, 0) is 0 Å². The van der Waals surface area contributed by atoms with Crippen molar-refractivity contribution in [3.63, 3.8) is 0 Å². The molecule has 0 aliphatic rings. The molecule has 3 aromatic heterocycles. The summed E-state index contributed by atoms with van der Waals surface area (Å²) in [6, 6.07) is 8.02. The zero-order chi connectivity index (χ0) is 19.8. The molecular weight excluding hydrogens is 427 g/mol. The van der Waals surface area contributed by atoms with Gasteiger partial charge >= 0.3 is 0 Å². The van der Waals surface area contributed by atoms with Gasteiger partial charge in [-0.2, -0.15) is 5.10 Å². The molecule has 0 saturated carbocycles. The number of benzene rings is 1. The number of aromatic nitrogens is 4. The van der Waals surface area contributed by atoms with E-state index >= 15 is 0 Å². The number of hydrogen-bond donors (Lipinski definition) is 1. The number of aromatic amines is 1. The summed E-state index contributed by atoms with van der Waals surface area (Å²) in [6.07, 6.45) is 1.92. The minimum atomic E-state index is -0.462. The lowest BCUT2D eigenvalue weighted by molar-refractivity contribution is 0.309. The van der Waals surface area contributed by atoms with Crippen LogP contribution in [0.5, 0.6) is 5.75 Å². The van der Waals surface area contributed by atoms with E-state index in [4.69, 9.17) is 4.74 Å². The van der Waals surface area contributed by atoms with Gasteiger partial charge < -0.3 is 9.72 Å². The first-order valence-electron chi connectivity index (χ1n) is 9.00. The van der Waals surface area contributed by atoms with Gasteiger partial charge in [-0.05, 0) is 53.5 Å². The molecule has 144 valence electrons. The highest BCUT2D eigenvalue weighted by atomic mass is 79.9. The minimum Gasteiger partial charge on any atom is -0.494 e. The second kappa shape index (κ2) is 7.35. The highest BCUT2D eigenvalue weighted by Gasteiger charge is 2.19. The molecule has 1 N–H and O–H groups in total. The van der Waals surface area contributed by atoms with E-state index in [0.717, 1.165) is 12.8 Å². The Labute approximate surface area is 168 Å². The lowest BCUT2D eigenvalue weighted by atomic mass is 10.2. The van der Waals surface area contributed by atoms with Gasteiger partial charge in [0, 0.05) is 6.07 Å². The fourth-order valence-electron chi connectivity index (χ4n) is 3.17. The van der Waals surface area contributed by atoms with Crippen LogP contribution < -0.4 is 10.3 Å². The van der Waals surface area contributed by atoms with Crippen LogP contribution in [-0.4, -0.2) is 26.4 Å². The van der Waals surface area contributed by atoms with E-state index in [1.807, 2.05) is 0 Å². The monoisotopic (exact) mass is 444 g/mol. The molecule has 0 aliphatic carbocycles. The van der Waals surface area contributed by atoms with Crippen molar-refractivity contribution in [2.45, 2.75) is 26.7 Å². The van der Waals surface area contributed by atoms with E-state index in [2.05, 4.69) is 37.9 Å². The maximum absolute atomic E-state index is 14.7. The molecule has 28 heavy (non-hydrogen) atoms. The largest absolute Gasteiger partial charge is 0.494 e. The number of nitrogens with one attached hydrogen (secondary N) is 1. The summed E-state index contributed by atoms with van der Waals surface area (Å²) in [6.45, 7) is 4.35. The Hall–Kier alpha value is -2.74. The zero-order valence-corrected chi connectivity index (χ0v) is 17.0. The maximum atomic E-state index is 14.7. The molecule has 0 aliphatic heterocycles. The van der Waals surface area contributed by atoms with Crippen molar-refractivity contribution in [3.8, 4) is 11.4 Å². The number of aryl methyl sites for hydroxylation is 1. The molecule has 0 spiro atoms. The van der Waals surface area contributed by atoms with Crippen LogP contribution in [0.25, 0.3) is 27.6 Å². The minimum absolute atomic E-state index is 0.209. The quantitative estimate of drug-likeness (QED) is 0.359. The van der Waals surface area contributed by atoms with Crippen molar-refractivity contribution >= 4 is 37.9 Å². The molecule has 0 atom stereocenters. The Morgan fingerprint density at radius 1 is 1.29 bits per heavy atom. The lowest BCUT2D eigenvalue weighted by Gasteiger charge is -2.10. The van der Waals surface area contributed by atoms with Crippen molar-refractivity contribution < 1.29 is 9.13 Å². The fourth-order valence-corrected chi connectivity index (χ4v) is 3.48. The molecule has 0 bridgehead atoms. The van der Waals surface area contributed by atoms with Gasteiger partial charge in [0.25, 0.3) is 5.56 Å². The number of halogens is 2. The molecule has 3 heterocycles. The Balaban J connectivity index is 1.99. The lowest BCUT2D eigenvalue weighted by Crippen LogP contribution is -2.08. The van der Waals surface area contributed by atoms with Gasteiger partial charge in [0.2, 0.25) is 0 Å². The molecular formula is C20H18BrFN4O2. The van der Waals surface area contributed by atoms with Gasteiger partial charge in [0.1, 0.15) is 32.9 Å². The summed E-state index contributed by atoms with van der Waals surface area (Å²) >= 11 is 3.36. The first kappa shape index (κ1) is 18.6. The van der Waals surface area contributed by atoms with Crippen LogP contribution in [0.3, 0.4) is 0 Å². The topological polar surface area (TPSA) is 72.8 Å². The van der Waals surface area contributed by atoms with E-state index in [9.17, 15) is 9.18 Å². The predicted octanol–water partition coefficient (Wildman–Crippen LogP) is 4.65. The zero-order valence-electron chi connectivity index (χ0n) is 15.4. The average molecular weight is 445 g/mol. The summed E-state index contributed by atoms with van der Waals surface area (Å²) in [7, 11) is 0. The van der Waals surface area contributed by atoms with Crippen molar-refractivity contribution in [3.05, 3.63) is 56.8 Å². The third-order valence-corrected chi connectivity index (χ3v) is 4.98. The first-order chi connectivity index (χ1) is 13.5. The first-order valence-corrected chi connectivity index (χ1v) is 9.79. The number of hydrogen-bond acceptors (Lipinski definition) is 4. The number of rotatable bonds is 5.